The third kappa shape index (κ3) is 3.18. The van der Waals surface area contributed by atoms with Gasteiger partial charge in [0.25, 0.3) is 0 Å². The highest BCUT2D eigenvalue weighted by Gasteiger charge is 2.27. The maximum absolute atomic E-state index is 10.9. The predicted molar refractivity (Wildman–Crippen MR) is 45.0 cm³/mol. The second kappa shape index (κ2) is 3.51. The lowest BCUT2D eigenvalue weighted by Crippen LogP contribution is -2.49. The zero-order valence-electron chi connectivity index (χ0n) is 7.37. The number of hydrogen-bond donors (Lipinski definition) is 1. The minimum Gasteiger partial charge on any atom is -0.210 e. The molecule has 68 valence electrons. The van der Waals surface area contributed by atoms with Gasteiger partial charge in [-0.1, -0.05) is 13.3 Å². The lowest BCUT2D eigenvalue weighted by Gasteiger charge is -2.25. The van der Waals surface area contributed by atoms with Crippen molar-refractivity contribution < 1.29 is 12.3 Å². The summed E-state index contributed by atoms with van der Waals surface area (Å²) in [7, 11) is -0.233. The number of rotatable bonds is 4. The van der Waals surface area contributed by atoms with Crippen LogP contribution < -0.4 is 5.14 Å². The van der Waals surface area contributed by atoms with Crippen LogP contribution in [-0.2, 0) is 10.2 Å². The second-order valence-corrected chi connectivity index (χ2v) is 5.18. The van der Waals surface area contributed by atoms with Gasteiger partial charge in [-0.2, -0.15) is 13.6 Å². The van der Waals surface area contributed by atoms with E-state index in [1.807, 2.05) is 6.92 Å². The smallest absolute Gasteiger partial charge is 0.210 e. The zero-order valence-corrected chi connectivity index (χ0v) is 8.19. The van der Waals surface area contributed by atoms with Gasteiger partial charge in [0.05, 0.1) is 20.6 Å². The van der Waals surface area contributed by atoms with E-state index in [0.717, 1.165) is 12.8 Å². The summed E-state index contributed by atoms with van der Waals surface area (Å²) >= 11 is 0. The van der Waals surface area contributed by atoms with Gasteiger partial charge in [-0.05, 0) is 6.42 Å². The molecule has 5 heteroatoms. The molecule has 0 aromatic carbocycles. The Kier molecular flexibility index (Phi) is 3.47. The van der Waals surface area contributed by atoms with Crippen LogP contribution in [0.1, 0.15) is 19.8 Å². The van der Waals surface area contributed by atoms with Gasteiger partial charge in [-0.15, -0.1) is 0 Å². The number of nitrogens with zero attached hydrogens (tertiary/aromatic N) is 1. The first-order chi connectivity index (χ1) is 4.81. The summed E-state index contributed by atoms with van der Waals surface area (Å²) < 4.78 is 21.7. The minimum atomic E-state index is -3.44. The van der Waals surface area contributed by atoms with E-state index in [1.54, 1.807) is 14.1 Å². The molecular weight excluding hydrogens is 164 g/mol. The molecule has 0 aromatic rings. The van der Waals surface area contributed by atoms with Crippen molar-refractivity contribution in [1.82, 2.24) is 0 Å². The molecule has 0 rings (SSSR count). The molecule has 0 aliphatic heterocycles. The molecule has 0 amide bonds. The Morgan fingerprint density at radius 2 is 1.82 bits per heavy atom. The molecule has 11 heavy (non-hydrogen) atoms. The summed E-state index contributed by atoms with van der Waals surface area (Å²) in [6.45, 7) is 2.60. The maximum atomic E-state index is 10.9. The predicted octanol–water partition coefficient (Wildman–Crippen LogP) is 0.0664. The van der Waals surface area contributed by atoms with E-state index in [-0.39, 0.29) is 3.89 Å². The fraction of sp³-hybridized carbons (Fsp3) is 1.00. The Labute approximate surface area is 68.8 Å². The molecule has 0 saturated heterocycles. The van der Waals surface area contributed by atoms with Crippen LogP contribution in [0.4, 0.5) is 0 Å². The molecule has 0 spiro atoms. The second-order valence-electron chi connectivity index (χ2n) is 3.17. The molecule has 2 N–H and O–H groups in total. The summed E-state index contributed by atoms with van der Waals surface area (Å²) in [6.07, 6.45) is 1.86. The standard InChI is InChI=1S/C6H17N2O2S/c1-4-5-6-8(2,3)11(7,9)10/h4-6H2,1-3H3,(H2,7,9,10)/q+1. The Balaban J connectivity index is 4.24. The van der Waals surface area contributed by atoms with Crippen molar-refractivity contribution in [3.8, 4) is 0 Å². The average Bonchev–Trinajstić information content (AvgIpc) is 1.81. The lowest BCUT2D eigenvalue weighted by molar-refractivity contribution is -0.763. The first-order valence-corrected chi connectivity index (χ1v) is 5.17. The number of quaternary nitrogens is 1. The first-order valence-electron chi connectivity index (χ1n) is 3.67. The van der Waals surface area contributed by atoms with E-state index >= 15 is 0 Å². The van der Waals surface area contributed by atoms with Crippen LogP contribution in [0, 0.1) is 0 Å². The quantitative estimate of drug-likeness (QED) is 0.624. The van der Waals surface area contributed by atoms with E-state index in [2.05, 4.69) is 0 Å². The summed E-state index contributed by atoms with van der Waals surface area (Å²) in [5, 5.41) is 5.00. The van der Waals surface area contributed by atoms with E-state index in [1.165, 1.54) is 0 Å². The summed E-state index contributed by atoms with van der Waals surface area (Å²) in [6, 6.07) is 0. The minimum absolute atomic E-state index is 0.124. The third-order valence-electron chi connectivity index (χ3n) is 1.74. The molecule has 0 radical (unpaired) electrons. The van der Waals surface area contributed by atoms with Gasteiger partial charge in [0.2, 0.25) is 0 Å². The molecule has 0 saturated carbocycles. The fourth-order valence-corrected chi connectivity index (χ4v) is 1.05. The van der Waals surface area contributed by atoms with Crippen LogP contribution in [-0.4, -0.2) is 32.9 Å². The molecule has 0 bridgehead atoms. The number of unbranched alkanes of at least 4 members (excludes halogenated alkanes) is 1. The van der Waals surface area contributed by atoms with Crippen LogP contribution in [0.5, 0.6) is 0 Å². The van der Waals surface area contributed by atoms with E-state index in [4.69, 9.17) is 5.14 Å². The van der Waals surface area contributed by atoms with E-state index in [0.29, 0.717) is 6.54 Å². The third-order valence-corrected chi connectivity index (χ3v) is 3.30. The van der Waals surface area contributed by atoms with E-state index < -0.39 is 10.2 Å². The molecule has 0 atom stereocenters. The fourth-order valence-electron chi connectivity index (χ4n) is 0.666. The van der Waals surface area contributed by atoms with Gasteiger partial charge >= 0.3 is 10.2 Å². The SMILES string of the molecule is CCCC[N+](C)(C)S(N)(=O)=O. The van der Waals surface area contributed by atoms with Gasteiger partial charge in [0.15, 0.2) is 0 Å². The molecule has 0 unspecified atom stereocenters. The Bertz CT molecular complexity index is 209. The van der Waals surface area contributed by atoms with Crippen LogP contribution in [0.25, 0.3) is 0 Å². The highest BCUT2D eigenvalue weighted by molar-refractivity contribution is 7.83. The van der Waals surface area contributed by atoms with Crippen LogP contribution >= 0.6 is 0 Å². The van der Waals surface area contributed by atoms with Crippen molar-refractivity contribution in [3.05, 3.63) is 0 Å². The topological polar surface area (TPSA) is 60.2 Å². The Morgan fingerprint density at radius 3 is 2.09 bits per heavy atom. The molecule has 4 nitrogen and oxygen atoms in total. The van der Waals surface area contributed by atoms with Gasteiger partial charge in [0.1, 0.15) is 0 Å². The van der Waals surface area contributed by atoms with Crippen molar-refractivity contribution in [2.75, 3.05) is 20.6 Å². The van der Waals surface area contributed by atoms with Crippen LogP contribution in [0.3, 0.4) is 0 Å². The molecule has 0 aliphatic carbocycles. The molecular formula is C6H17N2O2S+. The van der Waals surface area contributed by atoms with Crippen LogP contribution in [0.15, 0.2) is 0 Å². The lowest BCUT2D eigenvalue weighted by atomic mass is 10.3. The summed E-state index contributed by atoms with van der Waals surface area (Å²) in [5.74, 6) is 0. The van der Waals surface area contributed by atoms with Gasteiger partial charge in [-0.3, -0.25) is 0 Å². The van der Waals surface area contributed by atoms with Crippen LogP contribution in [0.2, 0.25) is 0 Å². The van der Waals surface area contributed by atoms with Crippen molar-refractivity contribution in [2.45, 2.75) is 19.8 Å². The van der Waals surface area contributed by atoms with Crippen molar-refractivity contribution >= 4 is 10.2 Å². The van der Waals surface area contributed by atoms with Gasteiger partial charge in [-0.25, -0.2) is 3.89 Å². The molecule has 0 aliphatic rings. The molecule has 0 heterocycles. The summed E-state index contributed by atoms with van der Waals surface area (Å²) in [4.78, 5) is 0. The van der Waals surface area contributed by atoms with Crippen molar-refractivity contribution in [3.63, 3.8) is 0 Å². The highest BCUT2D eigenvalue weighted by Crippen LogP contribution is 2.05. The monoisotopic (exact) mass is 181 g/mol. The number of hydrogen-bond acceptors (Lipinski definition) is 2. The van der Waals surface area contributed by atoms with Gasteiger partial charge in [0, 0.05) is 0 Å². The maximum Gasteiger partial charge on any atom is 0.367 e. The molecule has 0 aromatic heterocycles. The largest absolute Gasteiger partial charge is 0.367 e. The normalized spacial score (nSPS) is 13.5. The first kappa shape index (κ1) is 10.9. The van der Waals surface area contributed by atoms with Crippen molar-refractivity contribution in [2.24, 2.45) is 5.14 Å². The van der Waals surface area contributed by atoms with Crippen molar-refractivity contribution in [1.29, 1.82) is 0 Å². The highest BCUT2D eigenvalue weighted by atomic mass is 32.2. The summed E-state index contributed by atoms with van der Waals surface area (Å²) in [5.41, 5.74) is 0. The molecule has 0 fully saturated rings. The number of nitrogens with two attached hydrogens (primary N) is 1. The Hall–Kier alpha value is -0.130. The zero-order chi connectivity index (χ0) is 9.12. The van der Waals surface area contributed by atoms with E-state index in [9.17, 15) is 8.42 Å². The van der Waals surface area contributed by atoms with Gasteiger partial charge < -0.3 is 0 Å². The Morgan fingerprint density at radius 1 is 1.36 bits per heavy atom. The average molecular weight is 181 g/mol.